The highest BCUT2D eigenvalue weighted by atomic mass is 28.4. The fourth-order valence-electron chi connectivity index (χ4n) is 3.14. The maximum Gasteiger partial charge on any atom is 0.338 e. The Morgan fingerprint density at radius 3 is 2.08 bits per heavy atom. The first kappa shape index (κ1) is 21.6. The van der Waals surface area contributed by atoms with Crippen molar-refractivity contribution in [2.75, 3.05) is 6.61 Å². The van der Waals surface area contributed by atoms with E-state index in [0.717, 1.165) is 11.6 Å². The van der Waals surface area contributed by atoms with Crippen LogP contribution in [-0.2, 0) is 14.0 Å². The number of esters is 1. The second-order valence-corrected chi connectivity index (χ2v) is 12.3. The Bertz CT molecular complexity index is 552. The summed E-state index contributed by atoms with van der Waals surface area (Å²) in [6, 6.07) is 10.6. The topological polar surface area (TPSA) is 35.5 Å². The first-order valence-corrected chi connectivity index (χ1v) is 11.5. The van der Waals surface area contributed by atoms with Gasteiger partial charge in [0.25, 0.3) is 0 Å². The quantitative estimate of drug-likeness (QED) is 0.305. The monoisotopic (exact) mass is 362 g/mol. The van der Waals surface area contributed by atoms with E-state index in [2.05, 4.69) is 47.6 Å². The normalized spacial score (nSPS) is 13.0. The van der Waals surface area contributed by atoms with E-state index >= 15 is 0 Å². The highest BCUT2D eigenvalue weighted by Crippen LogP contribution is 2.41. The molecule has 0 aliphatic heterocycles. The van der Waals surface area contributed by atoms with Crippen LogP contribution in [0.3, 0.4) is 0 Å². The zero-order valence-electron chi connectivity index (χ0n) is 16.8. The van der Waals surface area contributed by atoms with E-state index in [1.54, 1.807) is 0 Å². The first-order valence-electron chi connectivity index (χ1n) is 9.27. The highest BCUT2D eigenvalue weighted by Gasteiger charge is 2.45. The molecule has 1 atom stereocenters. The van der Waals surface area contributed by atoms with Crippen LogP contribution in [0.1, 0.15) is 60.1 Å². The molecular formula is C21H34O3Si. The lowest BCUT2D eigenvalue weighted by molar-refractivity contribution is -0.152. The predicted octanol–water partition coefficient (Wildman–Crippen LogP) is 6.04. The van der Waals surface area contributed by atoms with Crippen LogP contribution in [0.5, 0.6) is 0 Å². The molecule has 0 bridgehead atoms. The van der Waals surface area contributed by atoms with E-state index < -0.39 is 14.4 Å². The number of benzene rings is 1. The minimum Gasteiger partial charge on any atom is -0.464 e. The molecule has 0 fully saturated rings. The van der Waals surface area contributed by atoms with Gasteiger partial charge in [-0.25, -0.2) is 4.79 Å². The number of carbonyl (C=O) groups is 1. The molecule has 0 aliphatic carbocycles. The molecule has 0 saturated carbocycles. The molecule has 0 unspecified atom stereocenters. The van der Waals surface area contributed by atoms with Gasteiger partial charge < -0.3 is 9.16 Å². The third kappa shape index (κ3) is 5.82. The fourth-order valence-corrected chi connectivity index (χ4v) is 7.45. The molecule has 0 amide bonds. The molecule has 140 valence electrons. The minimum absolute atomic E-state index is 0.288. The summed E-state index contributed by atoms with van der Waals surface area (Å²) in [7, 11) is -2.23. The molecule has 0 aliphatic rings. The number of rotatable bonds is 9. The zero-order valence-corrected chi connectivity index (χ0v) is 17.8. The third-order valence-electron chi connectivity index (χ3n) is 4.72. The standard InChI is InChI=1S/C21H34O3Si/c1-8-23-21(22)20(19-12-10-9-11-13-19)24-25(17(4)5,18(6)7)15-14-16(2)3/h9-14,17-18,20H,8,15H2,1-7H3/t20-/m0/s1. The van der Waals surface area contributed by atoms with Gasteiger partial charge in [-0.2, -0.15) is 0 Å². The molecule has 1 aromatic rings. The Balaban J connectivity index is 3.30. The summed E-state index contributed by atoms with van der Waals surface area (Å²) in [5.41, 5.74) is 2.94. The van der Waals surface area contributed by atoms with Gasteiger partial charge in [-0.1, -0.05) is 69.7 Å². The SMILES string of the molecule is CCOC(=O)[C@@H](O[Si](CC=C(C)C)(C(C)C)C(C)C)c1ccccc1. The Kier molecular flexibility index (Phi) is 8.60. The van der Waals surface area contributed by atoms with E-state index in [4.69, 9.17) is 9.16 Å². The number of hydrogen-bond acceptors (Lipinski definition) is 3. The predicted molar refractivity (Wildman–Crippen MR) is 107 cm³/mol. The lowest BCUT2D eigenvalue weighted by Crippen LogP contribution is -2.46. The molecule has 1 aromatic carbocycles. The van der Waals surface area contributed by atoms with Crippen molar-refractivity contribution in [1.82, 2.24) is 0 Å². The number of carbonyl (C=O) groups excluding carboxylic acids is 1. The minimum atomic E-state index is -2.23. The van der Waals surface area contributed by atoms with Gasteiger partial charge in [0.15, 0.2) is 6.10 Å². The molecule has 0 saturated heterocycles. The number of hydrogen-bond donors (Lipinski definition) is 0. The Morgan fingerprint density at radius 2 is 1.64 bits per heavy atom. The number of allylic oxidation sites excluding steroid dienone is 2. The average molecular weight is 363 g/mol. The molecule has 0 N–H and O–H groups in total. The van der Waals surface area contributed by atoms with E-state index in [1.165, 1.54) is 5.57 Å². The average Bonchev–Trinajstić information content (AvgIpc) is 2.55. The summed E-state index contributed by atoms with van der Waals surface area (Å²) in [6.07, 6.45) is 1.61. The second kappa shape index (κ2) is 9.93. The lowest BCUT2D eigenvalue weighted by atomic mass is 10.1. The van der Waals surface area contributed by atoms with Gasteiger partial charge in [0, 0.05) is 0 Å². The molecule has 3 nitrogen and oxygen atoms in total. The van der Waals surface area contributed by atoms with Gasteiger partial charge in [-0.05, 0) is 43.5 Å². The third-order valence-corrected chi connectivity index (χ3v) is 10.2. The summed E-state index contributed by atoms with van der Waals surface area (Å²) in [5, 5.41) is 0. The summed E-state index contributed by atoms with van der Waals surface area (Å²) in [6.45, 7) is 15.3. The maximum atomic E-state index is 12.7. The van der Waals surface area contributed by atoms with Crippen molar-refractivity contribution in [1.29, 1.82) is 0 Å². The van der Waals surface area contributed by atoms with Gasteiger partial charge in [0.2, 0.25) is 8.32 Å². The van der Waals surface area contributed by atoms with Crippen molar-refractivity contribution in [2.45, 2.75) is 71.7 Å². The molecular weight excluding hydrogens is 328 g/mol. The van der Waals surface area contributed by atoms with Crippen LogP contribution in [0.15, 0.2) is 42.0 Å². The van der Waals surface area contributed by atoms with Gasteiger partial charge in [0.05, 0.1) is 6.61 Å². The second-order valence-electron chi connectivity index (χ2n) is 7.41. The Labute approximate surface area is 154 Å². The van der Waals surface area contributed by atoms with E-state index in [0.29, 0.717) is 17.7 Å². The zero-order chi connectivity index (χ0) is 19.0. The Hall–Kier alpha value is -1.39. The largest absolute Gasteiger partial charge is 0.464 e. The van der Waals surface area contributed by atoms with Crippen LogP contribution in [-0.4, -0.2) is 20.9 Å². The molecule has 25 heavy (non-hydrogen) atoms. The van der Waals surface area contributed by atoms with Crippen LogP contribution in [0.2, 0.25) is 17.1 Å². The molecule has 0 spiro atoms. The van der Waals surface area contributed by atoms with E-state index in [1.807, 2.05) is 37.3 Å². The summed E-state index contributed by atoms with van der Waals surface area (Å²) in [4.78, 5) is 12.7. The summed E-state index contributed by atoms with van der Waals surface area (Å²) in [5.74, 6) is -0.288. The van der Waals surface area contributed by atoms with E-state index in [-0.39, 0.29) is 5.97 Å². The van der Waals surface area contributed by atoms with Gasteiger partial charge in [-0.15, -0.1) is 0 Å². The first-order chi connectivity index (χ1) is 11.7. The smallest absolute Gasteiger partial charge is 0.338 e. The van der Waals surface area contributed by atoms with Crippen molar-refractivity contribution in [3.05, 3.63) is 47.5 Å². The van der Waals surface area contributed by atoms with Gasteiger partial charge >= 0.3 is 5.97 Å². The van der Waals surface area contributed by atoms with Crippen LogP contribution in [0.25, 0.3) is 0 Å². The fraction of sp³-hybridized carbons (Fsp3) is 0.571. The van der Waals surface area contributed by atoms with Crippen molar-refractivity contribution in [3.8, 4) is 0 Å². The summed E-state index contributed by atoms with van der Waals surface area (Å²) < 4.78 is 12.1. The van der Waals surface area contributed by atoms with Crippen LogP contribution < -0.4 is 0 Å². The molecule has 4 heteroatoms. The van der Waals surface area contributed by atoms with Gasteiger partial charge in [-0.3, -0.25) is 0 Å². The van der Waals surface area contributed by atoms with Crippen LogP contribution in [0, 0.1) is 0 Å². The van der Waals surface area contributed by atoms with Crippen molar-refractivity contribution < 1.29 is 14.0 Å². The van der Waals surface area contributed by atoms with Crippen molar-refractivity contribution >= 4 is 14.3 Å². The lowest BCUT2D eigenvalue weighted by Gasteiger charge is -2.40. The Morgan fingerprint density at radius 1 is 1.08 bits per heavy atom. The molecule has 1 rings (SSSR count). The number of ether oxygens (including phenoxy) is 1. The summed E-state index contributed by atoms with van der Waals surface area (Å²) >= 11 is 0. The van der Waals surface area contributed by atoms with Crippen molar-refractivity contribution in [2.24, 2.45) is 0 Å². The van der Waals surface area contributed by atoms with Crippen molar-refractivity contribution in [3.63, 3.8) is 0 Å². The van der Waals surface area contributed by atoms with Gasteiger partial charge in [0.1, 0.15) is 0 Å². The maximum absolute atomic E-state index is 12.7. The molecule has 0 heterocycles. The highest BCUT2D eigenvalue weighted by molar-refractivity contribution is 6.77. The van der Waals surface area contributed by atoms with E-state index in [9.17, 15) is 4.79 Å². The van der Waals surface area contributed by atoms with Crippen LogP contribution >= 0.6 is 0 Å². The van der Waals surface area contributed by atoms with Crippen LogP contribution in [0.4, 0.5) is 0 Å². The molecule has 0 aromatic heterocycles. The molecule has 0 radical (unpaired) electrons.